The number of nitrogens with one attached hydrogen (secondary N) is 1. The molecule has 4 aromatic rings. The number of aryl methyl sites for hydroxylation is 3. The van der Waals surface area contributed by atoms with Gasteiger partial charge >= 0.3 is 0 Å². The van der Waals surface area contributed by atoms with Gasteiger partial charge in [0.25, 0.3) is 0 Å². The van der Waals surface area contributed by atoms with Gasteiger partial charge in [0.1, 0.15) is 5.65 Å². The van der Waals surface area contributed by atoms with Gasteiger partial charge in [-0.15, -0.1) is 0 Å². The molecule has 0 spiro atoms. The van der Waals surface area contributed by atoms with Crippen molar-refractivity contribution in [1.82, 2.24) is 15.0 Å². The maximum atomic E-state index is 9.18. The maximum Gasteiger partial charge on any atom is 0.137 e. The molecule has 4 heterocycles. The Balaban J connectivity index is 1.63. The smallest absolute Gasteiger partial charge is 0.137 e. The minimum Gasteiger partial charge on any atom is -0.367 e. The second-order valence-electron chi connectivity index (χ2n) is 8.92. The van der Waals surface area contributed by atoms with E-state index in [0.717, 1.165) is 50.4 Å². The lowest BCUT2D eigenvalue weighted by Gasteiger charge is -2.33. The molecule has 0 saturated carbocycles. The molecular weight excluding hydrogens is 380 g/mol. The molecule has 1 aliphatic heterocycles. The van der Waals surface area contributed by atoms with Crippen LogP contribution in [0, 0.1) is 20.8 Å². The average Bonchev–Trinajstić information content (AvgIpc) is 3.22. The number of H-pyrrole nitrogens is 1. The number of anilines is 1. The molecule has 0 unspecified atom stereocenters. The summed E-state index contributed by atoms with van der Waals surface area (Å²) in [6, 6.07) is 10.5. The van der Waals surface area contributed by atoms with Crippen LogP contribution in [0.4, 0.5) is 5.69 Å². The van der Waals surface area contributed by atoms with Crippen LogP contribution in [0.3, 0.4) is 0 Å². The first kappa shape index (κ1) is 17.5. The summed E-state index contributed by atoms with van der Waals surface area (Å²) in [6.45, 7) is 9.42. The van der Waals surface area contributed by atoms with E-state index in [1.807, 2.05) is 36.4 Å². The number of hydrogen-bond acceptors (Lipinski definition) is 3. The Morgan fingerprint density at radius 2 is 1.90 bits per heavy atom. The summed E-state index contributed by atoms with van der Waals surface area (Å²) >= 11 is 0. The SMILES string of the molecule is [2H]C1([2H])c2c(C)cc(-c3c(C)cnc4[nH]ccc34)nc2CCN1c1cc(C(C)C)ccc1C. The zero-order valence-electron chi connectivity index (χ0n) is 20.9. The van der Waals surface area contributed by atoms with Crippen LogP contribution in [-0.4, -0.2) is 21.5 Å². The second kappa shape index (κ2) is 7.52. The standard InChI is InChI=1S/C27H30N4/c1-16(2)20-7-6-17(3)25(13-20)31-11-9-23-22(15-31)18(4)12-24(30-23)26-19(5)14-29-27-21(26)8-10-28-27/h6-8,10,12-14,16H,9,11,15H2,1-5H3,(H,28,29)/i15D2. The fourth-order valence-electron chi connectivity index (χ4n) is 4.51. The molecule has 0 aliphatic carbocycles. The van der Waals surface area contributed by atoms with Gasteiger partial charge < -0.3 is 9.88 Å². The Bertz CT molecular complexity index is 1370. The summed E-state index contributed by atoms with van der Waals surface area (Å²) in [5.74, 6) is 0.395. The fourth-order valence-corrected chi connectivity index (χ4v) is 4.51. The first-order chi connectivity index (χ1) is 15.7. The van der Waals surface area contributed by atoms with Crippen molar-refractivity contribution in [3.05, 3.63) is 76.2 Å². The number of aromatic nitrogens is 3. The Kier molecular flexibility index (Phi) is 4.26. The number of aromatic amines is 1. The van der Waals surface area contributed by atoms with Crippen molar-refractivity contribution in [2.45, 2.75) is 53.5 Å². The molecule has 0 bridgehead atoms. The first-order valence-electron chi connectivity index (χ1n) is 12.0. The molecule has 0 fully saturated rings. The summed E-state index contributed by atoms with van der Waals surface area (Å²) in [5, 5.41) is 1.04. The Labute approximate surface area is 187 Å². The highest BCUT2D eigenvalue weighted by Crippen LogP contribution is 2.34. The Hall–Kier alpha value is -3.14. The highest BCUT2D eigenvalue weighted by molar-refractivity contribution is 5.93. The predicted octanol–water partition coefficient (Wildman–Crippen LogP) is 6.24. The van der Waals surface area contributed by atoms with Crippen LogP contribution in [0.5, 0.6) is 0 Å². The van der Waals surface area contributed by atoms with Crippen LogP contribution in [0.25, 0.3) is 22.3 Å². The molecule has 31 heavy (non-hydrogen) atoms. The lowest BCUT2D eigenvalue weighted by atomic mass is 9.95. The molecule has 1 aliphatic rings. The quantitative estimate of drug-likeness (QED) is 0.433. The molecule has 4 heteroatoms. The number of pyridine rings is 2. The molecule has 158 valence electrons. The molecule has 1 aromatic carbocycles. The van der Waals surface area contributed by atoms with E-state index in [9.17, 15) is 2.74 Å². The van der Waals surface area contributed by atoms with Gasteiger partial charge in [0.15, 0.2) is 0 Å². The minimum atomic E-state index is -1.64. The third kappa shape index (κ3) is 3.40. The Morgan fingerprint density at radius 3 is 2.71 bits per heavy atom. The topological polar surface area (TPSA) is 44.8 Å². The molecule has 3 aromatic heterocycles. The van der Waals surface area contributed by atoms with Gasteiger partial charge in [0, 0.05) is 54.2 Å². The molecule has 1 N–H and O–H groups in total. The number of fused-ring (bicyclic) bond motifs is 2. The van der Waals surface area contributed by atoms with Gasteiger partial charge in [-0.25, -0.2) is 4.98 Å². The molecule has 5 rings (SSSR count). The van der Waals surface area contributed by atoms with Gasteiger partial charge in [-0.3, -0.25) is 4.98 Å². The van der Waals surface area contributed by atoms with Gasteiger partial charge in [0.2, 0.25) is 0 Å². The summed E-state index contributed by atoms with van der Waals surface area (Å²) in [5.41, 5.74) is 9.63. The van der Waals surface area contributed by atoms with Gasteiger partial charge in [-0.2, -0.15) is 0 Å². The molecule has 0 radical (unpaired) electrons. The van der Waals surface area contributed by atoms with Crippen LogP contribution in [0.2, 0.25) is 0 Å². The first-order valence-corrected chi connectivity index (χ1v) is 11.0. The van der Waals surface area contributed by atoms with Gasteiger partial charge in [0.05, 0.1) is 8.44 Å². The second-order valence-corrected chi connectivity index (χ2v) is 8.92. The zero-order valence-corrected chi connectivity index (χ0v) is 18.9. The fraction of sp³-hybridized carbons (Fsp3) is 0.333. The van der Waals surface area contributed by atoms with Crippen LogP contribution >= 0.6 is 0 Å². The van der Waals surface area contributed by atoms with E-state index < -0.39 is 6.50 Å². The number of benzene rings is 1. The highest BCUT2D eigenvalue weighted by atomic mass is 15.1. The van der Waals surface area contributed by atoms with E-state index in [1.165, 1.54) is 5.56 Å². The number of hydrogen-bond donors (Lipinski definition) is 1. The lowest BCUT2D eigenvalue weighted by Crippen LogP contribution is -2.32. The van der Waals surface area contributed by atoms with E-state index in [1.54, 1.807) is 0 Å². The monoisotopic (exact) mass is 412 g/mol. The molecule has 0 amide bonds. The van der Waals surface area contributed by atoms with E-state index in [2.05, 4.69) is 55.9 Å². The molecule has 0 atom stereocenters. The molecule has 4 nitrogen and oxygen atoms in total. The van der Waals surface area contributed by atoms with Crippen molar-refractivity contribution >= 4 is 16.7 Å². The van der Waals surface area contributed by atoms with Crippen molar-refractivity contribution in [3.63, 3.8) is 0 Å². The van der Waals surface area contributed by atoms with Crippen molar-refractivity contribution in [2.75, 3.05) is 11.4 Å². The zero-order chi connectivity index (χ0) is 23.5. The Morgan fingerprint density at radius 1 is 1.06 bits per heavy atom. The van der Waals surface area contributed by atoms with E-state index >= 15 is 0 Å². The van der Waals surface area contributed by atoms with Crippen molar-refractivity contribution in [3.8, 4) is 11.3 Å². The lowest BCUT2D eigenvalue weighted by molar-refractivity contribution is 0.705. The minimum absolute atomic E-state index is 0.395. The van der Waals surface area contributed by atoms with E-state index in [4.69, 9.17) is 4.98 Å². The normalized spacial score (nSPS) is 16.4. The molecular formula is C27H30N4. The largest absolute Gasteiger partial charge is 0.367 e. The summed E-state index contributed by atoms with van der Waals surface area (Å²) in [7, 11) is 0. The summed E-state index contributed by atoms with van der Waals surface area (Å²) in [6.07, 6.45) is 4.47. The highest BCUT2D eigenvalue weighted by Gasteiger charge is 2.23. The van der Waals surface area contributed by atoms with Gasteiger partial charge in [-0.05, 0) is 72.7 Å². The average molecular weight is 413 g/mol. The van der Waals surface area contributed by atoms with Crippen molar-refractivity contribution in [1.29, 1.82) is 0 Å². The number of nitrogens with zero attached hydrogens (tertiary/aromatic N) is 3. The van der Waals surface area contributed by atoms with Crippen LogP contribution in [-0.2, 0) is 12.9 Å². The van der Waals surface area contributed by atoms with Gasteiger partial charge in [-0.1, -0.05) is 26.0 Å². The van der Waals surface area contributed by atoms with Crippen LogP contribution < -0.4 is 4.90 Å². The van der Waals surface area contributed by atoms with Crippen molar-refractivity contribution < 1.29 is 2.74 Å². The van der Waals surface area contributed by atoms with Crippen LogP contribution in [0.1, 0.15) is 56.0 Å². The third-order valence-electron chi connectivity index (χ3n) is 6.33. The summed E-state index contributed by atoms with van der Waals surface area (Å²) in [4.78, 5) is 14.6. The van der Waals surface area contributed by atoms with E-state index in [-0.39, 0.29) is 0 Å². The maximum absolute atomic E-state index is 9.18. The summed E-state index contributed by atoms with van der Waals surface area (Å²) < 4.78 is 18.4. The van der Waals surface area contributed by atoms with Crippen molar-refractivity contribution in [2.24, 2.45) is 0 Å². The van der Waals surface area contributed by atoms with E-state index in [0.29, 0.717) is 24.4 Å². The van der Waals surface area contributed by atoms with Crippen LogP contribution in [0.15, 0.2) is 42.7 Å². The third-order valence-corrected chi connectivity index (χ3v) is 6.33. The predicted molar refractivity (Wildman–Crippen MR) is 129 cm³/mol. The number of rotatable bonds is 3. The molecule has 0 saturated heterocycles.